The van der Waals surface area contributed by atoms with Crippen molar-refractivity contribution in [2.24, 2.45) is 0 Å². The topological polar surface area (TPSA) is 73.8 Å². The largest absolute Gasteiger partial charge is 0.342 e. The highest BCUT2D eigenvalue weighted by Gasteiger charge is 2.54. The minimum absolute atomic E-state index is 0.00110. The van der Waals surface area contributed by atoms with Gasteiger partial charge in [-0.2, -0.15) is 0 Å². The van der Waals surface area contributed by atoms with Crippen molar-refractivity contribution in [2.45, 2.75) is 52.5 Å². The van der Waals surface area contributed by atoms with Crippen molar-refractivity contribution >= 4 is 17.7 Å². The van der Waals surface area contributed by atoms with Crippen LogP contribution in [0.2, 0.25) is 0 Å². The van der Waals surface area contributed by atoms with Gasteiger partial charge in [-0.3, -0.25) is 24.3 Å². The number of nitrogens with zero attached hydrogens (tertiary/aromatic N) is 4. The standard InChI is InChI=1S/C27H36N4O3/c1-5-29(6-2)16-17-30(7-3)24(32)18-27(23-11-9-8-10-21(23)4)19-25(33)31(26(27)34)20-22-12-14-28-15-13-22/h8-15H,5-7,16-20H2,1-4H3/t27-/m1/s1. The van der Waals surface area contributed by atoms with E-state index in [4.69, 9.17) is 0 Å². The Labute approximate surface area is 202 Å². The number of aromatic nitrogens is 1. The monoisotopic (exact) mass is 464 g/mol. The Morgan fingerprint density at radius 1 is 1.00 bits per heavy atom. The second kappa shape index (κ2) is 11.4. The normalized spacial score (nSPS) is 18.1. The van der Waals surface area contributed by atoms with Crippen LogP contribution in [0.15, 0.2) is 48.8 Å². The first-order valence-corrected chi connectivity index (χ1v) is 12.2. The number of amides is 3. The van der Waals surface area contributed by atoms with E-state index in [0.717, 1.165) is 36.3 Å². The fourth-order valence-electron chi connectivity index (χ4n) is 4.82. The zero-order valence-corrected chi connectivity index (χ0v) is 20.8. The van der Waals surface area contributed by atoms with Gasteiger partial charge in [0.25, 0.3) is 0 Å². The molecule has 1 aliphatic rings. The second-order valence-electron chi connectivity index (χ2n) is 8.89. The Kier molecular flexibility index (Phi) is 8.56. The smallest absolute Gasteiger partial charge is 0.241 e. The van der Waals surface area contributed by atoms with Crippen LogP contribution in [-0.2, 0) is 26.3 Å². The summed E-state index contributed by atoms with van der Waals surface area (Å²) in [6, 6.07) is 11.2. The number of rotatable bonds is 11. The van der Waals surface area contributed by atoms with E-state index in [1.54, 1.807) is 24.5 Å². The minimum atomic E-state index is -1.19. The molecule has 1 saturated heterocycles. The molecule has 1 aliphatic heterocycles. The van der Waals surface area contributed by atoms with Crippen LogP contribution in [-0.4, -0.2) is 70.1 Å². The number of hydrogen-bond donors (Lipinski definition) is 0. The molecule has 0 unspecified atom stereocenters. The Bertz CT molecular complexity index is 1010. The number of likely N-dealkylation sites (tertiary alicyclic amines) is 1. The lowest BCUT2D eigenvalue weighted by molar-refractivity contribution is -0.143. The van der Waals surface area contributed by atoms with Crippen molar-refractivity contribution in [2.75, 3.05) is 32.7 Å². The lowest BCUT2D eigenvalue weighted by Crippen LogP contribution is -2.45. The van der Waals surface area contributed by atoms with E-state index in [2.05, 4.69) is 23.7 Å². The van der Waals surface area contributed by atoms with Crippen molar-refractivity contribution in [1.82, 2.24) is 19.7 Å². The van der Waals surface area contributed by atoms with E-state index in [1.807, 2.05) is 43.0 Å². The molecule has 1 atom stereocenters. The fraction of sp³-hybridized carbons (Fsp3) is 0.481. The molecule has 3 rings (SSSR count). The van der Waals surface area contributed by atoms with Gasteiger partial charge in [-0.1, -0.05) is 38.1 Å². The SMILES string of the molecule is CCN(CC)CCN(CC)C(=O)C[C@]1(c2ccccc2C)CC(=O)N(Cc2ccncc2)C1=O. The van der Waals surface area contributed by atoms with Gasteiger partial charge in [0, 0.05) is 44.9 Å². The molecular formula is C27H36N4O3. The molecule has 7 heteroatoms. The number of aryl methyl sites for hydroxylation is 1. The Morgan fingerprint density at radius 2 is 1.68 bits per heavy atom. The average molecular weight is 465 g/mol. The van der Waals surface area contributed by atoms with E-state index >= 15 is 0 Å². The van der Waals surface area contributed by atoms with Gasteiger partial charge in [0.2, 0.25) is 17.7 Å². The molecule has 1 aromatic carbocycles. The number of imide groups is 1. The molecule has 0 radical (unpaired) electrons. The van der Waals surface area contributed by atoms with Crippen molar-refractivity contribution < 1.29 is 14.4 Å². The highest BCUT2D eigenvalue weighted by atomic mass is 16.2. The van der Waals surface area contributed by atoms with Gasteiger partial charge in [-0.05, 0) is 55.8 Å². The van der Waals surface area contributed by atoms with Crippen LogP contribution in [0.3, 0.4) is 0 Å². The lowest BCUT2D eigenvalue weighted by atomic mass is 9.74. The van der Waals surface area contributed by atoms with Crippen LogP contribution in [0.25, 0.3) is 0 Å². The maximum atomic E-state index is 13.9. The molecule has 0 bridgehead atoms. The number of carbonyl (C=O) groups excluding carboxylic acids is 3. The van der Waals surface area contributed by atoms with Crippen molar-refractivity contribution in [3.05, 3.63) is 65.5 Å². The van der Waals surface area contributed by atoms with E-state index in [9.17, 15) is 14.4 Å². The number of hydrogen-bond acceptors (Lipinski definition) is 5. The van der Waals surface area contributed by atoms with E-state index in [-0.39, 0.29) is 37.1 Å². The van der Waals surface area contributed by atoms with E-state index < -0.39 is 5.41 Å². The Morgan fingerprint density at radius 3 is 2.29 bits per heavy atom. The summed E-state index contributed by atoms with van der Waals surface area (Å²) in [7, 11) is 0. The number of carbonyl (C=O) groups is 3. The summed E-state index contributed by atoms with van der Waals surface area (Å²) in [6.07, 6.45) is 3.28. The van der Waals surface area contributed by atoms with Gasteiger partial charge in [-0.25, -0.2) is 0 Å². The third kappa shape index (κ3) is 5.36. The van der Waals surface area contributed by atoms with Crippen LogP contribution >= 0.6 is 0 Å². The van der Waals surface area contributed by atoms with Crippen LogP contribution < -0.4 is 0 Å². The highest BCUT2D eigenvalue weighted by molar-refractivity contribution is 6.10. The van der Waals surface area contributed by atoms with Crippen molar-refractivity contribution in [1.29, 1.82) is 0 Å². The zero-order chi connectivity index (χ0) is 24.7. The second-order valence-corrected chi connectivity index (χ2v) is 8.89. The predicted octanol–water partition coefficient (Wildman–Crippen LogP) is 3.17. The summed E-state index contributed by atoms with van der Waals surface area (Å²) in [5.41, 5.74) is 1.32. The summed E-state index contributed by atoms with van der Waals surface area (Å²) in [5.74, 6) is -0.634. The third-order valence-electron chi connectivity index (χ3n) is 6.93. The quantitative estimate of drug-likeness (QED) is 0.478. The van der Waals surface area contributed by atoms with Gasteiger partial charge in [0.15, 0.2) is 0 Å². The van der Waals surface area contributed by atoms with Crippen molar-refractivity contribution in [3.63, 3.8) is 0 Å². The molecule has 1 fully saturated rings. The molecule has 7 nitrogen and oxygen atoms in total. The fourth-order valence-corrected chi connectivity index (χ4v) is 4.82. The molecule has 2 aromatic rings. The summed E-state index contributed by atoms with van der Waals surface area (Å²) < 4.78 is 0. The van der Waals surface area contributed by atoms with Gasteiger partial charge >= 0.3 is 0 Å². The first kappa shape index (κ1) is 25.6. The highest BCUT2D eigenvalue weighted by Crippen LogP contribution is 2.42. The van der Waals surface area contributed by atoms with Crippen LogP contribution in [0.5, 0.6) is 0 Å². The van der Waals surface area contributed by atoms with Crippen molar-refractivity contribution in [3.8, 4) is 0 Å². The maximum absolute atomic E-state index is 13.9. The first-order chi connectivity index (χ1) is 16.4. The predicted molar refractivity (Wildman–Crippen MR) is 132 cm³/mol. The number of likely N-dealkylation sites (N-methyl/N-ethyl adjacent to an activating group) is 2. The molecule has 0 N–H and O–H groups in total. The molecule has 0 saturated carbocycles. The molecule has 2 heterocycles. The summed E-state index contributed by atoms with van der Waals surface area (Å²) in [6.45, 7) is 12.1. The van der Waals surface area contributed by atoms with Gasteiger partial charge in [-0.15, -0.1) is 0 Å². The molecule has 34 heavy (non-hydrogen) atoms. The van der Waals surface area contributed by atoms with Gasteiger partial charge < -0.3 is 9.80 Å². The number of pyridine rings is 1. The maximum Gasteiger partial charge on any atom is 0.241 e. The molecule has 1 aromatic heterocycles. The van der Waals surface area contributed by atoms with Gasteiger partial charge in [0.1, 0.15) is 0 Å². The zero-order valence-electron chi connectivity index (χ0n) is 20.8. The van der Waals surface area contributed by atoms with Gasteiger partial charge in [0.05, 0.1) is 12.0 Å². The first-order valence-electron chi connectivity index (χ1n) is 12.2. The van der Waals surface area contributed by atoms with E-state index in [1.165, 1.54) is 4.90 Å². The number of benzene rings is 1. The van der Waals surface area contributed by atoms with Crippen LogP contribution in [0, 0.1) is 6.92 Å². The molecule has 0 spiro atoms. The molecule has 182 valence electrons. The Hall–Kier alpha value is -3.06. The van der Waals surface area contributed by atoms with Crippen LogP contribution in [0.1, 0.15) is 50.3 Å². The molecular weight excluding hydrogens is 428 g/mol. The Balaban J connectivity index is 1.91. The van der Waals surface area contributed by atoms with Crippen LogP contribution in [0.4, 0.5) is 0 Å². The third-order valence-corrected chi connectivity index (χ3v) is 6.93. The molecule has 0 aliphatic carbocycles. The minimum Gasteiger partial charge on any atom is -0.342 e. The summed E-state index contributed by atoms with van der Waals surface area (Å²) in [4.78, 5) is 50.0. The lowest BCUT2D eigenvalue weighted by Gasteiger charge is -2.32. The van der Waals surface area contributed by atoms with E-state index in [0.29, 0.717) is 13.1 Å². The summed E-state index contributed by atoms with van der Waals surface area (Å²) in [5, 5.41) is 0. The summed E-state index contributed by atoms with van der Waals surface area (Å²) >= 11 is 0. The average Bonchev–Trinajstić information content (AvgIpc) is 3.07. The molecule has 3 amide bonds.